The molecule has 118 valence electrons. The number of nitrogens with one attached hydrogen (secondary N) is 1. The molecule has 4 N–H and O–H groups in total. The van der Waals surface area contributed by atoms with Gasteiger partial charge < -0.3 is 20.9 Å². The van der Waals surface area contributed by atoms with E-state index in [4.69, 9.17) is 10.5 Å². The van der Waals surface area contributed by atoms with Gasteiger partial charge in [-0.2, -0.15) is 0 Å². The van der Waals surface area contributed by atoms with Crippen molar-refractivity contribution in [2.45, 2.75) is 52.1 Å². The van der Waals surface area contributed by atoms with E-state index in [9.17, 15) is 5.11 Å². The Morgan fingerprint density at radius 2 is 1.95 bits per heavy atom. The third kappa shape index (κ3) is 4.53. The van der Waals surface area contributed by atoms with Crippen LogP contribution in [-0.4, -0.2) is 24.4 Å². The summed E-state index contributed by atoms with van der Waals surface area (Å²) in [5, 5.41) is 13.2. The number of benzene rings is 1. The Kier molecular flexibility index (Phi) is 5.34. The quantitative estimate of drug-likeness (QED) is 0.703. The van der Waals surface area contributed by atoms with Gasteiger partial charge in [0, 0.05) is 35.5 Å². The smallest absolute Gasteiger partial charge is 0.123 e. The molecule has 0 bridgehead atoms. The molecule has 0 aliphatic heterocycles. The number of hydrogen-bond donors (Lipinski definition) is 3. The Morgan fingerprint density at radius 1 is 1.24 bits per heavy atom. The van der Waals surface area contributed by atoms with Crippen LogP contribution in [-0.2, 0) is 0 Å². The molecule has 4 heteroatoms. The number of rotatable bonds is 6. The van der Waals surface area contributed by atoms with Crippen molar-refractivity contribution in [2.24, 2.45) is 5.41 Å². The van der Waals surface area contributed by atoms with E-state index < -0.39 is 0 Å². The number of nitrogens with two attached hydrogens (primary N) is 1. The van der Waals surface area contributed by atoms with Crippen LogP contribution in [0, 0.1) is 5.41 Å². The van der Waals surface area contributed by atoms with Crippen LogP contribution in [0.5, 0.6) is 5.75 Å². The molecule has 1 aromatic carbocycles. The Labute approximate surface area is 127 Å². The average Bonchev–Trinajstić information content (AvgIpc) is 2.45. The molecule has 0 atom stereocenters. The highest BCUT2D eigenvalue weighted by Crippen LogP contribution is 2.36. The maximum atomic E-state index is 9.76. The predicted molar refractivity (Wildman–Crippen MR) is 87.7 cm³/mol. The van der Waals surface area contributed by atoms with Gasteiger partial charge in [0.15, 0.2) is 0 Å². The monoisotopic (exact) mass is 292 g/mol. The Bertz CT molecular complexity index is 454. The number of aliphatic hydroxyl groups is 1. The highest BCUT2D eigenvalue weighted by atomic mass is 16.5. The van der Waals surface area contributed by atoms with Crippen molar-refractivity contribution < 1.29 is 9.84 Å². The first-order chi connectivity index (χ1) is 10.0. The molecule has 1 aliphatic carbocycles. The highest BCUT2D eigenvalue weighted by Gasteiger charge is 2.31. The zero-order chi connectivity index (χ0) is 15.3. The molecule has 4 nitrogen and oxygen atoms in total. The topological polar surface area (TPSA) is 67.5 Å². The lowest BCUT2D eigenvalue weighted by Crippen LogP contribution is -2.35. The molecule has 0 saturated heterocycles. The van der Waals surface area contributed by atoms with Gasteiger partial charge in [-0.1, -0.05) is 19.3 Å². The Balaban J connectivity index is 2.03. The lowest BCUT2D eigenvalue weighted by molar-refractivity contribution is 0.0944. The van der Waals surface area contributed by atoms with Crippen molar-refractivity contribution in [1.29, 1.82) is 0 Å². The number of anilines is 2. The van der Waals surface area contributed by atoms with Crippen LogP contribution in [0.25, 0.3) is 0 Å². The predicted octanol–water partition coefficient (Wildman–Crippen LogP) is 3.41. The zero-order valence-corrected chi connectivity index (χ0v) is 13.2. The molecule has 0 aromatic heterocycles. The maximum absolute atomic E-state index is 9.76. The Hall–Kier alpha value is -1.42. The summed E-state index contributed by atoms with van der Waals surface area (Å²) < 4.78 is 5.71. The molecular weight excluding hydrogens is 264 g/mol. The van der Waals surface area contributed by atoms with E-state index in [2.05, 4.69) is 5.32 Å². The minimum atomic E-state index is 0.0158. The minimum Gasteiger partial charge on any atom is -0.491 e. The van der Waals surface area contributed by atoms with E-state index in [1.165, 1.54) is 19.3 Å². The van der Waals surface area contributed by atoms with Gasteiger partial charge in [-0.05, 0) is 32.8 Å². The van der Waals surface area contributed by atoms with E-state index in [-0.39, 0.29) is 18.1 Å². The summed E-state index contributed by atoms with van der Waals surface area (Å²) in [5.41, 5.74) is 7.61. The van der Waals surface area contributed by atoms with Crippen molar-refractivity contribution in [3.63, 3.8) is 0 Å². The SMILES string of the molecule is CC(C)Oc1cc(N)cc(NCC2(CO)CCCCC2)c1. The first-order valence-corrected chi connectivity index (χ1v) is 7.95. The fourth-order valence-corrected chi connectivity index (χ4v) is 3.05. The van der Waals surface area contributed by atoms with E-state index in [1.54, 1.807) is 0 Å². The molecule has 1 aromatic rings. The Morgan fingerprint density at radius 3 is 2.57 bits per heavy atom. The van der Waals surface area contributed by atoms with E-state index in [0.29, 0.717) is 5.69 Å². The van der Waals surface area contributed by atoms with Crippen molar-refractivity contribution in [2.75, 3.05) is 24.2 Å². The van der Waals surface area contributed by atoms with Gasteiger partial charge in [-0.3, -0.25) is 0 Å². The zero-order valence-electron chi connectivity index (χ0n) is 13.2. The normalized spacial score (nSPS) is 17.7. The summed E-state index contributed by atoms with van der Waals surface area (Å²) in [6.07, 6.45) is 6.01. The van der Waals surface area contributed by atoms with E-state index in [1.807, 2.05) is 32.0 Å². The van der Waals surface area contributed by atoms with E-state index >= 15 is 0 Å². The highest BCUT2D eigenvalue weighted by molar-refractivity contribution is 5.59. The van der Waals surface area contributed by atoms with E-state index in [0.717, 1.165) is 30.8 Å². The van der Waals surface area contributed by atoms with Crippen LogP contribution in [0.4, 0.5) is 11.4 Å². The third-order valence-corrected chi connectivity index (χ3v) is 4.22. The van der Waals surface area contributed by atoms with Gasteiger partial charge in [0.2, 0.25) is 0 Å². The van der Waals surface area contributed by atoms with Gasteiger partial charge in [0.05, 0.1) is 12.7 Å². The molecule has 0 radical (unpaired) electrons. The molecule has 0 amide bonds. The van der Waals surface area contributed by atoms with Crippen LogP contribution < -0.4 is 15.8 Å². The van der Waals surface area contributed by atoms with Crippen molar-refractivity contribution >= 4 is 11.4 Å². The lowest BCUT2D eigenvalue weighted by Gasteiger charge is -2.36. The van der Waals surface area contributed by atoms with Crippen LogP contribution in [0.1, 0.15) is 46.0 Å². The first kappa shape index (κ1) is 16.0. The van der Waals surface area contributed by atoms with Crippen LogP contribution in [0.2, 0.25) is 0 Å². The van der Waals surface area contributed by atoms with Gasteiger partial charge >= 0.3 is 0 Å². The summed E-state index contributed by atoms with van der Waals surface area (Å²) in [5.74, 6) is 0.786. The van der Waals surface area contributed by atoms with Crippen LogP contribution in [0.15, 0.2) is 18.2 Å². The second-order valence-corrected chi connectivity index (χ2v) is 6.53. The summed E-state index contributed by atoms with van der Waals surface area (Å²) in [6, 6.07) is 5.74. The number of hydrogen-bond acceptors (Lipinski definition) is 4. The molecule has 2 rings (SSSR count). The largest absolute Gasteiger partial charge is 0.491 e. The fraction of sp³-hybridized carbons (Fsp3) is 0.647. The molecule has 0 unspecified atom stereocenters. The van der Waals surface area contributed by atoms with Gasteiger partial charge in [-0.15, -0.1) is 0 Å². The maximum Gasteiger partial charge on any atom is 0.123 e. The summed E-state index contributed by atoms with van der Waals surface area (Å²) >= 11 is 0. The van der Waals surface area contributed by atoms with Gasteiger partial charge in [0.25, 0.3) is 0 Å². The van der Waals surface area contributed by atoms with Crippen molar-refractivity contribution in [3.05, 3.63) is 18.2 Å². The van der Waals surface area contributed by atoms with Gasteiger partial charge in [-0.25, -0.2) is 0 Å². The molecular formula is C17H28N2O2. The average molecular weight is 292 g/mol. The van der Waals surface area contributed by atoms with Crippen LogP contribution >= 0.6 is 0 Å². The third-order valence-electron chi connectivity index (χ3n) is 4.22. The second-order valence-electron chi connectivity index (χ2n) is 6.53. The fourth-order valence-electron chi connectivity index (χ4n) is 3.05. The number of aliphatic hydroxyl groups excluding tert-OH is 1. The molecule has 0 spiro atoms. The molecule has 0 heterocycles. The second kappa shape index (κ2) is 7.03. The van der Waals surface area contributed by atoms with Crippen molar-refractivity contribution in [3.8, 4) is 5.75 Å². The summed E-state index contributed by atoms with van der Waals surface area (Å²) in [7, 11) is 0. The standard InChI is InChI=1S/C17H28N2O2/c1-13(2)21-16-9-14(18)8-15(10-16)19-11-17(12-20)6-4-3-5-7-17/h8-10,13,19-20H,3-7,11-12,18H2,1-2H3. The number of ether oxygens (including phenoxy) is 1. The summed E-state index contributed by atoms with van der Waals surface area (Å²) in [4.78, 5) is 0. The molecule has 1 aliphatic rings. The molecule has 1 saturated carbocycles. The number of nitrogen functional groups attached to an aromatic ring is 1. The van der Waals surface area contributed by atoms with Gasteiger partial charge in [0.1, 0.15) is 5.75 Å². The minimum absolute atomic E-state index is 0.0158. The summed E-state index contributed by atoms with van der Waals surface area (Å²) in [6.45, 7) is 5.03. The molecule has 21 heavy (non-hydrogen) atoms. The van der Waals surface area contributed by atoms with Crippen molar-refractivity contribution in [1.82, 2.24) is 0 Å². The lowest BCUT2D eigenvalue weighted by atomic mass is 9.74. The molecule has 1 fully saturated rings. The first-order valence-electron chi connectivity index (χ1n) is 7.95. The van der Waals surface area contributed by atoms with Crippen LogP contribution in [0.3, 0.4) is 0 Å².